The zero-order valence-corrected chi connectivity index (χ0v) is 11.6. The molecule has 0 amide bonds. The van der Waals surface area contributed by atoms with Gasteiger partial charge in [0.1, 0.15) is 17.1 Å². The third kappa shape index (κ3) is 2.36. The van der Waals surface area contributed by atoms with Gasteiger partial charge in [-0.05, 0) is 12.5 Å². The van der Waals surface area contributed by atoms with E-state index in [-0.39, 0.29) is 0 Å². The highest BCUT2D eigenvalue weighted by Gasteiger charge is 2.20. The van der Waals surface area contributed by atoms with Gasteiger partial charge in [-0.15, -0.1) is 0 Å². The first-order chi connectivity index (χ1) is 8.54. The molecule has 5 nitrogen and oxygen atoms in total. The van der Waals surface area contributed by atoms with Crippen molar-refractivity contribution in [1.29, 1.82) is 0 Å². The third-order valence-electron chi connectivity index (χ3n) is 2.47. The Morgan fingerprint density at radius 3 is 2.72 bits per heavy atom. The zero-order valence-electron chi connectivity index (χ0n) is 9.28. The maximum absolute atomic E-state index is 11.0. The Bertz CT molecular complexity index is 602. The molecule has 1 aromatic heterocycles. The molecule has 96 valence electrons. The number of nitrogens with one attached hydrogen (secondary N) is 1. The summed E-state index contributed by atoms with van der Waals surface area (Å²) in [6.07, 6.45) is 0.424. The van der Waals surface area contributed by atoms with Gasteiger partial charge >= 0.3 is 5.97 Å². The summed E-state index contributed by atoms with van der Waals surface area (Å²) in [5.41, 5.74) is 1.48. The molecule has 2 N–H and O–H groups in total. The SMILES string of the molecule is CCC(Nc1c(Cl)cc(Cl)c2nsnc12)C(=O)O. The molecule has 0 aliphatic rings. The van der Waals surface area contributed by atoms with E-state index in [1.54, 1.807) is 6.92 Å². The maximum atomic E-state index is 11.0. The first-order valence-corrected chi connectivity index (χ1v) is 6.62. The lowest BCUT2D eigenvalue weighted by Gasteiger charge is -2.15. The van der Waals surface area contributed by atoms with E-state index in [4.69, 9.17) is 28.3 Å². The van der Waals surface area contributed by atoms with E-state index in [2.05, 4.69) is 14.1 Å². The summed E-state index contributed by atoms with van der Waals surface area (Å²) in [6.45, 7) is 1.77. The van der Waals surface area contributed by atoms with Gasteiger partial charge in [0, 0.05) is 0 Å². The van der Waals surface area contributed by atoms with E-state index in [1.165, 1.54) is 6.07 Å². The smallest absolute Gasteiger partial charge is 0.326 e. The summed E-state index contributed by atoms with van der Waals surface area (Å²) in [7, 11) is 0. The fourth-order valence-electron chi connectivity index (χ4n) is 1.52. The van der Waals surface area contributed by atoms with Gasteiger partial charge in [0.25, 0.3) is 0 Å². The Hall–Kier alpha value is -1.11. The van der Waals surface area contributed by atoms with Gasteiger partial charge < -0.3 is 10.4 Å². The number of carbonyl (C=O) groups is 1. The molecule has 0 bridgehead atoms. The number of halogens is 2. The Balaban J connectivity index is 2.50. The van der Waals surface area contributed by atoms with Gasteiger partial charge in [-0.1, -0.05) is 30.1 Å². The largest absolute Gasteiger partial charge is 0.480 e. The van der Waals surface area contributed by atoms with Crippen LogP contribution in [-0.4, -0.2) is 25.9 Å². The minimum absolute atomic E-state index is 0.333. The summed E-state index contributed by atoms with van der Waals surface area (Å²) < 4.78 is 8.14. The van der Waals surface area contributed by atoms with Crippen molar-refractivity contribution in [1.82, 2.24) is 8.75 Å². The zero-order chi connectivity index (χ0) is 13.3. The number of rotatable bonds is 4. The third-order valence-corrected chi connectivity index (χ3v) is 3.58. The molecule has 0 fully saturated rings. The standard InChI is InChI=1S/C10H9Cl2N3O2S/c1-2-6(10(16)17)13-7-4(11)3-5(12)8-9(7)15-18-14-8/h3,6,13H,2H2,1H3,(H,16,17). The van der Waals surface area contributed by atoms with Crippen molar-refractivity contribution in [2.24, 2.45) is 0 Å². The highest BCUT2D eigenvalue weighted by Crippen LogP contribution is 2.35. The molecule has 0 saturated carbocycles. The molecular formula is C10H9Cl2N3O2S. The van der Waals surface area contributed by atoms with Crippen LogP contribution < -0.4 is 5.32 Å². The number of hydrogen-bond donors (Lipinski definition) is 2. The number of hydrogen-bond acceptors (Lipinski definition) is 5. The van der Waals surface area contributed by atoms with Gasteiger partial charge in [0.2, 0.25) is 0 Å². The Kier molecular flexibility index (Phi) is 3.89. The molecule has 0 spiro atoms. The van der Waals surface area contributed by atoms with Crippen molar-refractivity contribution >= 4 is 57.6 Å². The molecule has 2 aromatic rings. The average molecular weight is 306 g/mol. The van der Waals surface area contributed by atoms with Crippen LogP contribution in [0, 0.1) is 0 Å². The molecule has 1 heterocycles. The van der Waals surface area contributed by atoms with Crippen molar-refractivity contribution in [2.45, 2.75) is 19.4 Å². The molecule has 0 aliphatic carbocycles. The highest BCUT2D eigenvalue weighted by atomic mass is 35.5. The number of carboxylic acid groups (broad SMARTS) is 1. The lowest BCUT2D eigenvalue weighted by atomic mass is 10.2. The van der Waals surface area contributed by atoms with Gasteiger partial charge in [-0.3, -0.25) is 0 Å². The van der Waals surface area contributed by atoms with Crippen LogP contribution in [0.25, 0.3) is 11.0 Å². The van der Waals surface area contributed by atoms with Crippen LogP contribution in [0.5, 0.6) is 0 Å². The van der Waals surface area contributed by atoms with Crippen molar-refractivity contribution in [3.05, 3.63) is 16.1 Å². The quantitative estimate of drug-likeness (QED) is 0.906. The van der Waals surface area contributed by atoms with Crippen molar-refractivity contribution in [3.8, 4) is 0 Å². The monoisotopic (exact) mass is 305 g/mol. The second kappa shape index (κ2) is 5.26. The van der Waals surface area contributed by atoms with E-state index in [0.717, 1.165) is 11.7 Å². The summed E-state index contributed by atoms with van der Waals surface area (Å²) in [5.74, 6) is -0.945. The number of aliphatic carboxylic acids is 1. The minimum atomic E-state index is -0.945. The number of aromatic nitrogens is 2. The van der Waals surface area contributed by atoms with Crippen LogP contribution in [0.1, 0.15) is 13.3 Å². The van der Waals surface area contributed by atoms with Crippen LogP contribution in [0.4, 0.5) is 5.69 Å². The Labute approximate surface area is 117 Å². The molecular weight excluding hydrogens is 297 g/mol. The summed E-state index contributed by atoms with van der Waals surface area (Å²) in [6, 6.07) is 0.803. The van der Waals surface area contributed by atoms with Crippen LogP contribution in [-0.2, 0) is 4.79 Å². The Morgan fingerprint density at radius 1 is 1.44 bits per heavy atom. The number of benzene rings is 1. The van der Waals surface area contributed by atoms with Crippen LogP contribution in [0.2, 0.25) is 10.0 Å². The fraction of sp³-hybridized carbons (Fsp3) is 0.300. The van der Waals surface area contributed by atoms with Gasteiger partial charge in [-0.25, -0.2) is 4.79 Å². The van der Waals surface area contributed by atoms with Gasteiger partial charge in [0.15, 0.2) is 0 Å². The van der Waals surface area contributed by atoms with Gasteiger partial charge in [0.05, 0.1) is 27.5 Å². The first kappa shape index (κ1) is 13.3. The van der Waals surface area contributed by atoms with Crippen molar-refractivity contribution < 1.29 is 9.90 Å². The van der Waals surface area contributed by atoms with Gasteiger partial charge in [-0.2, -0.15) is 8.75 Å². The molecule has 1 unspecified atom stereocenters. The first-order valence-electron chi connectivity index (χ1n) is 5.14. The summed E-state index contributed by atoms with van der Waals surface area (Å²) >= 11 is 13.1. The van der Waals surface area contributed by atoms with Crippen molar-refractivity contribution in [2.75, 3.05) is 5.32 Å². The topological polar surface area (TPSA) is 75.1 Å². The van der Waals surface area contributed by atoms with Crippen molar-refractivity contribution in [3.63, 3.8) is 0 Å². The molecule has 1 aromatic carbocycles. The number of fused-ring (bicyclic) bond motifs is 1. The predicted octanol–water partition coefficient (Wildman–Crippen LogP) is 3.27. The van der Waals surface area contributed by atoms with Crippen LogP contribution in [0.15, 0.2) is 6.07 Å². The van der Waals surface area contributed by atoms with E-state index in [0.29, 0.717) is 33.2 Å². The second-order valence-corrected chi connectivity index (χ2v) is 4.96. The number of carboxylic acids is 1. The number of anilines is 1. The van der Waals surface area contributed by atoms with E-state index < -0.39 is 12.0 Å². The fourth-order valence-corrected chi connectivity index (χ4v) is 2.69. The molecule has 0 saturated heterocycles. The molecule has 0 radical (unpaired) electrons. The maximum Gasteiger partial charge on any atom is 0.326 e. The van der Waals surface area contributed by atoms with E-state index >= 15 is 0 Å². The molecule has 18 heavy (non-hydrogen) atoms. The average Bonchev–Trinajstić information content (AvgIpc) is 2.78. The summed E-state index contributed by atoms with van der Waals surface area (Å²) in [5, 5.41) is 12.6. The Morgan fingerprint density at radius 2 is 2.11 bits per heavy atom. The summed E-state index contributed by atoms with van der Waals surface area (Å²) in [4.78, 5) is 11.0. The highest BCUT2D eigenvalue weighted by molar-refractivity contribution is 7.00. The van der Waals surface area contributed by atoms with Crippen LogP contribution in [0.3, 0.4) is 0 Å². The second-order valence-electron chi connectivity index (χ2n) is 3.62. The molecule has 2 rings (SSSR count). The minimum Gasteiger partial charge on any atom is -0.480 e. The van der Waals surface area contributed by atoms with Crippen LogP contribution >= 0.6 is 34.9 Å². The normalized spacial score (nSPS) is 12.6. The molecule has 1 atom stereocenters. The molecule has 0 aliphatic heterocycles. The molecule has 8 heteroatoms. The predicted molar refractivity (Wildman–Crippen MR) is 72.8 cm³/mol. The lowest BCUT2D eigenvalue weighted by molar-refractivity contribution is -0.137. The lowest BCUT2D eigenvalue weighted by Crippen LogP contribution is -2.28. The van der Waals surface area contributed by atoms with E-state index in [9.17, 15) is 4.79 Å². The number of nitrogens with zero attached hydrogens (tertiary/aromatic N) is 2. The van der Waals surface area contributed by atoms with E-state index in [1.807, 2.05) is 0 Å².